The van der Waals surface area contributed by atoms with Crippen LogP contribution in [0.5, 0.6) is 0 Å². The molecular formula is C14H17N3O3. The van der Waals surface area contributed by atoms with Crippen molar-refractivity contribution in [1.82, 2.24) is 15.4 Å². The average Bonchev–Trinajstić information content (AvgIpc) is 2.46. The summed E-state index contributed by atoms with van der Waals surface area (Å²) < 4.78 is 0. The van der Waals surface area contributed by atoms with Crippen LogP contribution in [0.2, 0.25) is 0 Å². The summed E-state index contributed by atoms with van der Waals surface area (Å²) in [4.78, 5) is 26.5. The molecule has 1 aliphatic heterocycles. The Morgan fingerprint density at radius 2 is 2.00 bits per heavy atom. The first-order valence-electron chi connectivity index (χ1n) is 6.57. The predicted molar refractivity (Wildman–Crippen MR) is 73.8 cm³/mol. The van der Waals surface area contributed by atoms with Gasteiger partial charge in [-0.1, -0.05) is 6.42 Å². The van der Waals surface area contributed by atoms with Crippen molar-refractivity contribution < 1.29 is 14.7 Å². The van der Waals surface area contributed by atoms with Crippen LogP contribution >= 0.6 is 0 Å². The van der Waals surface area contributed by atoms with Crippen LogP contribution in [0.1, 0.15) is 35.2 Å². The van der Waals surface area contributed by atoms with Crippen molar-refractivity contribution in [3.63, 3.8) is 0 Å². The first-order chi connectivity index (χ1) is 9.65. The number of piperidine rings is 1. The van der Waals surface area contributed by atoms with E-state index >= 15 is 0 Å². The number of nitrogens with one attached hydrogen (secondary N) is 1. The summed E-state index contributed by atoms with van der Waals surface area (Å²) in [6.07, 6.45) is 8.77. The smallest absolute Gasteiger partial charge is 0.328 e. The molecule has 0 atom stereocenters. The van der Waals surface area contributed by atoms with Crippen LogP contribution in [-0.2, 0) is 4.79 Å². The third kappa shape index (κ3) is 4.17. The average molecular weight is 275 g/mol. The van der Waals surface area contributed by atoms with Crippen LogP contribution in [-0.4, -0.2) is 40.1 Å². The van der Waals surface area contributed by atoms with Crippen LogP contribution < -0.4 is 5.43 Å². The molecule has 20 heavy (non-hydrogen) atoms. The second-order valence-electron chi connectivity index (χ2n) is 4.67. The van der Waals surface area contributed by atoms with Gasteiger partial charge in [-0.15, -0.1) is 0 Å². The Hall–Kier alpha value is -2.21. The second kappa shape index (κ2) is 6.81. The normalized spacial score (nSPS) is 16.2. The fourth-order valence-electron chi connectivity index (χ4n) is 2.05. The molecule has 1 aromatic rings. The van der Waals surface area contributed by atoms with Crippen molar-refractivity contribution in [3.05, 3.63) is 35.7 Å². The number of aliphatic carboxylic acids is 1. The summed E-state index contributed by atoms with van der Waals surface area (Å²) in [7, 11) is 0. The molecule has 0 radical (unpaired) electrons. The molecule has 2 heterocycles. The van der Waals surface area contributed by atoms with Gasteiger partial charge in [-0.2, -0.15) is 0 Å². The second-order valence-corrected chi connectivity index (χ2v) is 4.67. The first kappa shape index (κ1) is 14.2. The molecule has 0 aromatic carbocycles. The van der Waals surface area contributed by atoms with Gasteiger partial charge in [0.15, 0.2) is 0 Å². The number of pyridine rings is 1. The molecule has 0 saturated carbocycles. The van der Waals surface area contributed by atoms with Crippen molar-refractivity contribution in [2.75, 3.05) is 13.1 Å². The number of carbonyl (C=O) groups excluding carboxylic acids is 1. The van der Waals surface area contributed by atoms with Crippen molar-refractivity contribution >= 4 is 18.0 Å². The van der Waals surface area contributed by atoms with Gasteiger partial charge in [-0.25, -0.2) is 9.80 Å². The highest BCUT2D eigenvalue weighted by Gasteiger charge is 2.14. The molecule has 1 fully saturated rings. The maximum atomic E-state index is 12.1. The van der Waals surface area contributed by atoms with E-state index in [9.17, 15) is 9.59 Å². The molecular weight excluding hydrogens is 258 g/mol. The summed E-state index contributed by atoms with van der Waals surface area (Å²) in [5, 5.41) is 10.5. The Bertz CT molecular complexity index is 522. The number of hydrazine groups is 1. The van der Waals surface area contributed by atoms with E-state index < -0.39 is 5.97 Å². The van der Waals surface area contributed by atoms with E-state index in [2.05, 4.69) is 10.4 Å². The van der Waals surface area contributed by atoms with E-state index in [-0.39, 0.29) is 5.91 Å². The molecule has 106 valence electrons. The van der Waals surface area contributed by atoms with Crippen LogP contribution in [0.3, 0.4) is 0 Å². The number of carbonyl (C=O) groups is 2. The Morgan fingerprint density at radius 3 is 2.70 bits per heavy atom. The summed E-state index contributed by atoms with van der Waals surface area (Å²) >= 11 is 0. The van der Waals surface area contributed by atoms with Gasteiger partial charge >= 0.3 is 5.97 Å². The lowest BCUT2D eigenvalue weighted by atomic mass is 10.1. The number of carboxylic acid groups (broad SMARTS) is 1. The molecule has 1 saturated heterocycles. The fourth-order valence-corrected chi connectivity index (χ4v) is 2.05. The van der Waals surface area contributed by atoms with E-state index in [4.69, 9.17) is 5.11 Å². The van der Waals surface area contributed by atoms with Gasteiger partial charge in [0.25, 0.3) is 5.91 Å². The van der Waals surface area contributed by atoms with Gasteiger partial charge in [-0.3, -0.25) is 15.2 Å². The molecule has 2 N–H and O–H groups in total. The third-order valence-electron chi connectivity index (χ3n) is 3.06. The Balaban J connectivity index is 2.02. The largest absolute Gasteiger partial charge is 0.478 e. The van der Waals surface area contributed by atoms with Gasteiger partial charge in [-0.05, 0) is 30.5 Å². The quantitative estimate of drug-likeness (QED) is 0.810. The number of hydrogen-bond acceptors (Lipinski definition) is 4. The highest BCUT2D eigenvalue weighted by Crippen LogP contribution is 2.08. The zero-order chi connectivity index (χ0) is 14.4. The molecule has 1 amide bonds. The number of hydrogen-bond donors (Lipinski definition) is 2. The molecule has 0 unspecified atom stereocenters. The van der Waals surface area contributed by atoms with Gasteiger partial charge in [0.05, 0.1) is 5.56 Å². The summed E-state index contributed by atoms with van der Waals surface area (Å²) in [6.45, 7) is 1.72. The Labute approximate surface area is 117 Å². The number of amides is 1. The van der Waals surface area contributed by atoms with Crippen LogP contribution in [0.25, 0.3) is 6.08 Å². The summed E-state index contributed by atoms with van der Waals surface area (Å²) in [5.41, 5.74) is 3.84. The molecule has 6 nitrogen and oxygen atoms in total. The monoisotopic (exact) mass is 275 g/mol. The molecule has 0 bridgehead atoms. The van der Waals surface area contributed by atoms with E-state index in [1.807, 2.05) is 5.01 Å². The molecule has 0 aliphatic carbocycles. The molecule has 2 rings (SSSR count). The SMILES string of the molecule is O=C(O)/C=C/c1cncc(C(=O)NN2CCCCC2)c1. The minimum absolute atomic E-state index is 0.218. The predicted octanol–water partition coefficient (Wildman–Crippen LogP) is 1.31. The minimum atomic E-state index is -1.03. The van der Waals surface area contributed by atoms with Crippen LogP contribution in [0.4, 0.5) is 0 Å². The van der Waals surface area contributed by atoms with Gasteiger partial charge < -0.3 is 5.11 Å². The molecule has 1 aromatic heterocycles. The first-order valence-corrected chi connectivity index (χ1v) is 6.57. The maximum absolute atomic E-state index is 12.1. The Kier molecular flexibility index (Phi) is 4.84. The van der Waals surface area contributed by atoms with E-state index in [0.29, 0.717) is 11.1 Å². The molecule has 0 spiro atoms. The van der Waals surface area contributed by atoms with E-state index in [1.165, 1.54) is 24.9 Å². The van der Waals surface area contributed by atoms with Gasteiger partial charge in [0.2, 0.25) is 0 Å². The maximum Gasteiger partial charge on any atom is 0.328 e. The highest BCUT2D eigenvalue weighted by molar-refractivity contribution is 5.94. The van der Waals surface area contributed by atoms with Crippen molar-refractivity contribution in [1.29, 1.82) is 0 Å². The van der Waals surface area contributed by atoms with Crippen molar-refractivity contribution in [3.8, 4) is 0 Å². The lowest BCUT2D eigenvalue weighted by molar-refractivity contribution is -0.131. The number of carboxylic acids is 1. The summed E-state index contributed by atoms with van der Waals surface area (Å²) in [5.74, 6) is -1.25. The van der Waals surface area contributed by atoms with Gasteiger partial charge in [0.1, 0.15) is 0 Å². The molecule has 6 heteroatoms. The lowest BCUT2D eigenvalue weighted by Gasteiger charge is -2.26. The fraction of sp³-hybridized carbons (Fsp3) is 0.357. The van der Waals surface area contributed by atoms with Crippen LogP contribution in [0.15, 0.2) is 24.5 Å². The number of aromatic nitrogens is 1. The molecule has 1 aliphatic rings. The topological polar surface area (TPSA) is 82.5 Å². The lowest BCUT2D eigenvalue weighted by Crippen LogP contribution is -2.45. The number of nitrogens with zero attached hydrogens (tertiary/aromatic N) is 2. The van der Waals surface area contributed by atoms with E-state index in [0.717, 1.165) is 32.0 Å². The minimum Gasteiger partial charge on any atom is -0.478 e. The van der Waals surface area contributed by atoms with Crippen molar-refractivity contribution in [2.45, 2.75) is 19.3 Å². The Morgan fingerprint density at radius 1 is 1.25 bits per heavy atom. The van der Waals surface area contributed by atoms with E-state index in [1.54, 1.807) is 6.07 Å². The highest BCUT2D eigenvalue weighted by atomic mass is 16.4. The summed E-state index contributed by atoms with van der Waals surface area (Å²) in [6, 6.07) is 1.62. The van der Waals surface area contributed by atoms with Gasteiger partial charge in [0, 0.05) is 31.6 Å². The van der Waals surface area contributed by atoms with Crippen LogP contribution in [0, 0.1) is 0 Å². The standard InChI is InChI=1S/C14H17N3O3/c18-13(19)5-4-11-8-12(10-15-9-11)14(20)16-17-6-2-1-3-7-17/h4-5,8-10H,1-3,6-7H2,(H,16,20)(H,18,19)/b5-4+. The number of rotatable bonds is 4. The third-order valence-corrected chi connectivity index (χ3v) is 3.06. The zero-order valence-electron chi connectivity index (χ0n) is 11.1. The van der Waals surface area contributed by atoms with Crippen molar-refractivity contribution in [2.24, 2.45) is 0 Å². The zero-order valence-corrected chi connectivity index (χ0v) is 11.1.